The summed E-state index contributed by atoms with van der Waals surface area (Å²) in [4.78, 5) is 14.9. The number of likely N-dealkylation sites (tertiary alicyclic amines) is 1. The first-order chi connectivity index (χ1) is 10.6. The molecule has 0 spiro atoms. The molecule has 1 atom stereocenters. The Bertz CT molecular complexity index is 540. The highest BCUT2D eigenvalue weighted by atomic mass is 35.5. The fraction of sp³-hybridized carbons (Fsp3) is 0.562. The van der Waals surface area contributed by atoms with Gasteiger partial charge in [0.25, 0.3) is 5.91 Å². The summed E-state index contributed by atoms with van der Waals surface area (Å²) in [5, 5.41) is 3.38. The molecule has 1 amide bonds. The van der Waals surface area contributed by atoms with Crippen molar-refractivity contribution in [3.63, 3.8) is 0 Å². The molecule has 0 aromatic heterocycles. The van der Waals surface area contributed by atoms with E-state index in [1.54, 1.807) is 12.1 Å². The van der Waals surface area contributed by atoms with Gasteiger partial charge in [0.2, 0.25) is 0 Å². The second-order valence-electron chi connectivity index (χ2n) is 5.29. The third-order valence-electron chi connectivity index (χ3n) is 4.13. The average Bonchev–Trinajstić information content (AvgIpc) is 2.99. The molecular weight excluding hydrogens is 339 g/mol. The molecule has 7 heteroatoms. The molecule has 1 fully saturated rings. The number of benzene rings is 1. The van der Waals surface area contributed by atoms with Crippen LogP contribution in [0.25, 0.3) is 0 Å². The number of ether oxygens (including phenoxy) is 2. The highest BCUT2D eigenvalue weighted by molar-refractivity contribution is 6.32. The second kappa shape index (κ2) is 9.21. The van der Waals surface area contributed by atoms with Crippen LogP contribution in [-0.2, 0) is 0 Å². The molecule has 1 aliphatic rings. The normalized spacial score (nSPS) is 17.5. The minimum absolute atomic E-state index is 0. The number of hydrogen-bond acceptors (Lipinski definition) is 4. The van der Waals surface area contributed by atoms with Crippen LogP contribution in [0.4, 0.5) is 0 Å². The van der Waals surface area contributed by atoms with Crippen LogP contribution < -0.4 is 14.8 Å². The van der Waals surface area contributed by atoms with Gasteiger partial charge in [0, 0.05) is 12.6 Å². The molecule has 23 heavy (non-hydrogen) atoms. The van der Waals surface area contributed by atoms with Gasteiger partial charge in [-0.2, -0.15) is 0 Å². The minimum atomic E-state index is -0.223. The SMILES string of the molecule is CCN1CCCC1CNC(=O)c1c(OC)ccc(Cl)c1OC.Cl. The highest BCUT2D eigenvalue weighted by Gasteiger charge is 2.25. The van der Waals surface area contributed by atoms with Gasteiger partial charge >= 0.3 is 0 Å². The molecule has 1 aliphatic heterocycles. The first kappa shape index (κ1) is 19.9. The number of halogens is 2. The monoisotopic (exact) mass is 362 g/mol. The van der Waals surface area contributed by atoms with Crippen molar-refractivity contribution in [2.24, 2.45) is 0 Å². The van der Waals surface area contributed by atoms with Crippen LogP contribution in [0.2, 0.25) is 5.02 Å². The lowest BCUT2D eigenvalue weighted by atomic mass is 10.1. The van der Waals surface area contributed by atoms with Gasteiger partial charge in [-0.1, -0.05) is 18.5 Å². The van der Waals surface area contributed by atoms with Crippen LogP contribution in [0.5, 0.6) is 11.5 Å². The predicted molar refractivity (Wildman–Crippen MR) is 94.4 cm³/mol. The summed E-state index contributed by atoms with van der Waals surface area (Å²) in [6.45, 7) is 4.86. The van der Waals surface area contributed by atoms with Crippen LogP contribution in [0.3, 0.4) is 0 Å². The summed E-state index contributed by atoms with van der Waals surface area (Å²) in [5.41, 5.74) is 0.346. The Kier molecular flexibility index (Phi) is 7.95. The van der Waals surface area contributed by atoms with E-state index < -0.39 is 0 Å². The van der Waals surface area contributed by atoms with E-state index in [0.717, 1.165) is 19.5 Å². The van der Waals surface area contributed by atoms with E-state index >= 15 is 0 Å². The fourth-order valence-electron chi connectivity index (χ4n) is 2.97. The maximum absolute atomic E-state index is 12.6. The summed E-state index contributed by atoms with van der Waals surface area (Å²) >= 11 is 6.11. The van der Waals surface area contributed by atoms with Gasteiger partial charge < -0.3 is 14.8 Å². The van der Waals surface area contributed by atoms with Crippen molar-refractivity contribution >= 4 is 29.9 Å². The van der Waals surface area contributed by atoms with Gasteiger partial charge in [-0.15, -0.1) is 12.4 Å². The van der Waals surface area contributed by atoms with Gasteiger partial charge in [0.05, 0.1) is 19.2 Å². The Hall–Kier alpha value is -1.17. The summed E-state index contributed by atoms with van der Waals surface area (Å²) in [7, 11) is 3.02. The number of carbonyl (C=O) groups is 1. The van der Waals surface area contributed by atoms with Crippen LogP contribution >= 0.6 is 24.0 Å². The zero-order chi connectivity index (χ0) is 16.1. The van der Waals surface area contributed by atoms with Crippen LogP contribution in [-0.4, -0.2) is 50.7 Å². The molecule has 1 N–H and O–H groups in total. The molecule has 0 aliphatic carbocycles. The number of hydrogen-bond donors (Lipinski definition) is 1. The third-order valence-corrected chi connectivity index (χ3v) is 4.42. The molecule has 1 aromatic carbocycles. The van der Waals surface area contributed by atoms with Crippen molar-refractivity contribution in [1.82, 2.24) is 10.2 Å². The highest BCUT2D eigenvalue weighted by Crippen LogP contribution is 2.35. The number of nitrogens with zero attached hydrogens (tertiary/aromatic N) is 1. The molecule has 0 bridgehead atoms. The summed E-state index contributed by atoms with van der Waals surface area (Å²) < 4.78 is 10.5. The van der Waals surface area contributed by atoms with Gasteiger partial charge in [-0.3, -0.25) is 9.69 Å². The van der Waals surface area contributed by atoms with E-state index in [1.807, 2.05) is 0 Å². The lowest BCUT2D eigenvalue weighted by molar-refractivity contribution is 0.0935. The molecular formula is C16H24Cl2N2O3. The van der Waals surface area contributed by atoms with Crippen molar-refractivity contribution in [3.05, 3.63) is 22.7 Å². The van der Waals surface area contributed by atoms with E-state index in [-0.39, 0.29) is 18.3 Å². The quantitative estimate of drug-likeness (QED) is 0.844. The van der Waals surface area contributed by atoms with E-state index in [1.165, 1.54) is 20.6 Å². The number of carbonyl (C=O) groups excluding carboxylic acids is 1. The van der Waals surface area contributed by atoms with Gasteiger partial charge in [-0.05, 0) is 38.1 Å². The fourth-order valence-corrected chi connectivity index (χ4v) is 3.20. The topological polar surface area (TPSA) is 50.8 Å². The van der Waals surface area contributed by atoms with Crippen molar-refractivity contribution < 1.29 is 14.3 Å². The first-order valence-corrected chi connectivity index (χ1v) is 7.92. The largest absolute Gasteiger partial charge is 0.496 e. The molecule has 1 heterocycles. The van der Waals surface area contributed by atoms with Gasteiger partial charge in [0.1, 0.15) is 11.3 Å². The number of nitrogens with one attached hydrogen (secondary N) is 1. The molecule has 0 saturated carbocycles. The zero-order valence-corrected chi connectivity index (χ0v) is 15.3. The van der Waals surface area contributed by atoms with Gasteiger partial charge in [-0.25, -0.2) is 0 Å². The zero-order valence-electron chi connectivity index (χ0n) is 13.7. The van der Waals surface area contributed by atoms with Gasteiger partial charge in [0.15, 0.2) is 5.75 Å². The molecule has 0 radical (unpaired) electrons. The molecule has 1 saturated heterocycles. The smallest absolute Gasteiger partial charge is 0.258 e. The lowest BCUT2D eigenvalue weighted by Gasteiger charge is -2.23. The van der Waals surface area contributed by atoms with Crippen LogP contribution in [0, 0.1) is 0 Å². The number of likely N-dealkylation sites (N-methyl/N-ethyl adjacent to an activating group) is 1. The van der Waals surface area contributed by atoms with E-state index in [9.17, 15) is 4.79 Å². The summed E-state index contributed by atoms with van der Waals surface area (Å²) in [5.74, 6) is 0.578. The summed E-state index contributed by atoms with van der Waals surface area (Å²) in [6.07, 6.45) is 2.29. The minimum Gasteiger partial charge on any atom is -0.496 e. The predicted octanol–water partition coefficient (Wildman–Crippen LogP) is 2.99. The maximum Gasteiger partial charge on any atom is 0.258 e. The van der Waals surface area contributed by atoms with E-state index in [4.69, 9.17) is 21.1 Å². The van der Waals surface area contributed by atoms with Crippen molar-refractivity contribution in [2.45, 2.75) is 25.8 Å². The van der Waals surface area contributed by atoms with E-state index in [2.05, 4.69) is 17.1 Å². The Balaban J connectivity index is 0.00000264. The lowest BCUT2D eigenvalue weighted by Crippen LogP contribution is -2.40. The second-order valence-corrected chi connectivity index (χ2v) is 5.70. The standard InChI is InChI=1S/C16H23ClN2O3.ClH/c1-4-19-9-5-6-11(19)10-18-16(20)14-13(21-2)8-7-12(17)15(14)22-3;/h7-8,11H,4-6,9-10H2,1-3H3,(H,18,20);1H. The average molecular weight is 363 g/mol. The molecule has 1 unspecified atom stereocenters. The number of rotatable bonds is 6. The van der Waals surface area contributed by atoms with Crippen molar-refractivity contribution in [1.29, 1.82) is 0 Å². The molecule has 5 nitrogen and oxygen atoms in total. The Morgan fingerprint density at radius 1 is 1.39 bits per heavy atom. The third kappa shape index (κ3) is 4.43. The first-order valence-electron chi connectivity index (χ1n) is 7.55. The van der Waals surface area contributed by atoms with Crippen molar-refractivity contribution in [3.8, 4) is 11.5 Å². The van der Waals surface area contributed by atoms with Crippen LogP contribution in [0.1, 0.15) is 30.1 Å². The molecule has 130 valence electrons. The molecule has 2 rings (SSSR count). The Morgan fingerprint density at radius 2 is 2.13 bits per heavy atom. The van der Waals surface area contributed by atoms with Crippen LogP contribution in [0.15, 0.2) is 12.1 Å². The number of methoxy groups -OCH3 is 2. The maximum atomic E-state index is 12.6. The summed E-state index contributed by atoms with van der Waals surface area (Å²) in [6, 6.07) is 3.73. The Labute approximate surface area is 148 Å². The van der Waals surface area contributed by atoms with Crippen molar-refractivity contribution in [2.75, 3.05) is 33.9 Å². The van der Waals surface area contributed by atoms with E-state index in [0.29, 0.717) is 34.7 Å². The molecule has 1 aromatic rings. The Morgan fingerprint density at radius 3 is 2.74 bits per heavy atom. The number of amides is 1.